The second kappa shape index (κ2) is 8.39. The van der Waals surface area contributed by atoms with Crippen LogP contribution in [0.1, 0.15) is 43.0 Å². The first kappa shape index (κ1) is 19.3. The number of hydrogen-bond donors (Lipinski definition) is 1. The third kappa shape index (κ3) is 5.78. The van der Waals surface area contributed by atoms with E-state index in [1.807, 2.05) is 31.2 Å². The first-order valence-electron chi connectivity index (χ1n) is 8.35. The molecule has 0 aliphatic carbocycles. The molecule has 2 aromatic carbocycles. The van der Waals surface area contributed by atoms with Gasteiger partial charge in [-0.3, -0.25) is 0 Å². The Balaban J connectivity index is 1.91. The number of methoxy groups -OCH3 is 1. The Morgan fingerprint density at radius 2 is 1.76 bits per heavy atom. The zero-order chi connectivity index (χ0) is 18.4. The minimum Gasteiger partial charge on any atom is -0.497 e. The summed E-state index contributed by atoms with van der Waals surface area (Å²) in [5.74, 6) is 0.808. The van der Waals surface area contributed by atoms with Gasteiger partial charge in [0.15, 0.2) is 0 Å². The molecule has 136 valence electrons. The Labute approximate surface area is 147 Å². The number of rotatable bonds is 7. The number of halogens is 3. The Bertz CT molecular complexity index is 685. The SMILES string of the molecule is COc1cccc([C@H](C)N[C@H](C)CCc2cccc(C(F)(F)F)c2)c1. The predicted molar refractivity (Wildman–Crippen MR) is 93.8 cm³/mol. The highest BCUT2D eigenvalue weighted by molar-refractivity contribution is 5.30. The first-order valence-corrected chi connectivity index (χ1v) is 8.35. The molecule has 0 saturated heterocycles. The van der Waals surface area contributed by atoms with E-state index in [4.69, 9.17) is 4.74 Å². The summed E-state index contributed by atoms with van der Waals surface area (Å²) in [4.78, 5) is 0. The van der Waals surface area contributed by atoms with Crippen LogP contribution in [0.4, 0.5) is 13.2 Å². The highest BCUT2D eigenvalue weighted by Gasteiger charge is 2.30. The maximum atomic E-state index is 12.8. The fraction of sp³-hybridized carbons (Fsp3) is 0.400. The molecule has 2 atom stereocenters. The van der Waals surface area contributed by atoms with E-state index in [9.17, 15) is 13.2 Å². The minimum absolute atomic E-state index is 0.131. The lowest BCUT2D eigenvalue weighted by atomic mass is 10.0. The molecule has 0 spiro atoms. The molecule has 0 amide bonds. The van der Waals surface area contributed by atoms with E-state index in [0.29, 0.717) is 12.0 Å². The second-order valence-corrected chi connectivity index (χ2v) is 6.30. The number of ether oxygens (including phenoxy) is 1. The van der Waals surface area contributed by atoms with Gasteiger partial charge in [-0.15, -0.1) is 0 Å². The van der Waals surface area contributed by atoms with Crippen molar-refractivity contribution < 1.29 is 17.9 Å². The van der Waals surface area contributed by atoms with E-state index >= 15 is 0 Å². The zero-order valence-electron chi connectivity index (χ0n) is 14.7. The normalized spacial score (nSPS) is 14.2. The van der Waals surface area contributed by atoms with Crippen molar-refractivity contribution in [1.82, 2.24) is 5.32 Å². The van der Waals surface area contributed by atoms with Gasteiger partial charge in [-0.1, -0.05) is 30.3 Å². The van der Waals surface area contributed by atoms with Gasteiger partial charge in [0.2, 0.25) is 0 Å². The van der Waals surface area contributed by atoms with Crippen molar-refractivity contribution in [2.45, 2.75) is 44.9 Å². The molecule has 0 saturated carbocycles. The number of nitrogens with one attached hydrogen (secondary N) is 1. The van der Waals surface area contributed by atoms with Crippen LogP contribution in [0.3, 0.4) is 0 Å². The summed E-state index contributed by atoms with van der Waals surface area (Å²) in [6, 6.07) is 13.7. The largest absolute Gasteiger partial charge is 0.497 e. The van der Waals surface area contributed by atoms with Gasteiger partial charge in [0.25, 0.3) is 0 Å². The molecular weight excluding hydrogens is 327 g/mol. The number of alkyl halides is 3. The Hall–Kier alpha value is -2.01. The zero-order valence-corrected chi connectivity index (χ0v) is 14.7. The van der Waals surface area contributed by atoms with Gasteiger partial charge in [-0.25, -0.2) is 0 Å². The van der Waals surface area contributed by atoms with Crippen molar-refractivity contribution in [3.8, 4) is 5.75 Å². The Morgan fingerprint density at radius 3 is 2.44 bits per heavy atom. The molecule has 0 heterocycles. The van der Waals surface area contributed by atoms with E-state index < -0.39 is 11.7 Å². The number of benzene rings is 2. The maximum absolute atomic E-state index is 12.8. The number of aryl methyl sites for hydroxylation is 1. The summed E-state index contributed by atoms with van der Waals surface area (Å²) < 4.78 is 43.5. The molecule has 5 heteroatoms. The third-order valence-electron chi connectivity index (χ3n) is 4.25. The molecule has 0 aliphatic rings. The van der Waals surface area contributed by atoms with Crippen LogP contribution in [-0.2, 0) is 12.6 Å². The molecule has 0 radical (unpaired) electrons. The van der Waals surface area contributed by atoms with Crippen molar-refractivity contribution in [3.63, 3.8) is 0 Å². The van der Waals surface area contributed by atoms with Crippen molar-refractivity contribution in [2.24, 2.45) is 0 Å². The lowest BCUT2D eigenvalue weighted by Gasteiger charge is -2.21. The Kier molecular flexibility index (Phi) is 6.48. The molecule has 0 aliphatic heterocycles. The quantitative estimate of drug-likeness (QED) is 0.722. The average molecular weight is 351 g/mol. The molecule has 0 unspecified atom stereocenters. The van der Waals surface area contributed by atoms with Crippen LogP contribution in [0.2, 0.25) is 0 Å². The lowest BCUT2D eigenvalue weighted by Crippen LogP contribution is -2.29. The van der Waals surface area contributed by atoms with E-state index in [1.54, 1.807) is 13.2 Å². The molecule has 2 rings (SSSR count). The van der Waals surface area contributed by atoms with Crippen molar-refractivity contribution >= 4 is 0 Å². The molecule has 0 aromatic heterocycles. The summed E-state index contributed by atoms with van der Waals surface area (Å²) in [5.41, 5.74) is 1.23. The molecule has 0 fully saturated rings. The summed E-state index contributed by atoms with van der Waals surface area (Å²) in [7, 11) is 1.63. The highest BCUT2D eigenvalue weighted by Crippen LogP contribution is 2.29. The third-order valence-corrected chi connectivity index (χ3v) is 4.25. The molecule has 25 heavy (non-hydrogen) atoms. The first-order chi connectivity index (χ1) is 11.8. The van der Waals surface area contributed by atoms with Gasteiger partial charge in [0.05, 0.1) is 12.7 Å². The van der Waals surface area contributed by atoms with E-state index in [1.165, 1.54) is 12.1 Å². The predicted octanol–water partition coefficient (Wildman–Crippen LogP) is 5.39. The fourth-order valence-electron chi connectivity index (χ4n) is 2.80. The summed E-state index contributed by atoms with van der Waals surface area (Å²) in [5, 5.41) is 3.48. The van der Waals surface area contributed by atoms with Gasteiger partial charge in [0.1, 0.15) is 5.75 Å². The van der Waals surface area contributed by atoms with Gasteiger partial charge < -0.3 is 10.1 Å². The van der Waals surface area contributed by atoms with Gasteiger partial charge in [-0.05, 0) is 56.0 Å². The maximum Gasteiger partial charge on any atom is 0.416 e. The van der Waals surface area contributed by atoms with Crippen LogP contribution in [-0.4, -0.2) is 13.2 Å². The lowest BCUT2D eigenvalue weighted by molar-refractivity contribution is -0.137. The van der Waals surface area contributed by atoms with E-state index in [0.717, 1.165) is 23.8 Å². The van der Waals surface area contributed by atoms with E-state index in [-0.39, 0.29) is 12.1 Å². The Morgan fingerprint density at radius 1 is 1.04 bits per heavy atom. The van der Waals surface area contributed by atoms with Crippen LogP contribution in [0, 0.1) is 0 Å². The molecule has 1 N–H and O–H groups in total. The van der Waals surface area contributed by atoms with Crippen LogP contribution < -0.4 is 10.1 Å². The fourth-order valence-corrected chi connectivity index (χ4v) is 2.80. The average Bonchev–Trinajstić information content (AvgIpc) is 2.59. The minimum atomic E-state index is -4.29. The summed E-state index contributed by atoms with van der Waals surface area (Å²) in [6.45, 7) is 4.11. The smallest absolute Gasteiger partial charge is 0.416 e. The van der Waals surface area contributed by atoms with Crippen LogP contribution in [0.5, 0.6) is 5.75 Å². The van der Waals surface area contributed by atoms with Crippen molar-refractivity contribution in [1.29, 1.82) is 0 Å². The van der Waals surface area contributed by atoms with Gasteiger partial charge in [0, 0.05) is 12.1 Å². The molecule has 0 bridgehead atoms. The monoisotopic (exact) mass is 351 g/mol. The highest BCUT2D eigenvalue weighted by atomic mass is 19.4. The van der Waals surface area contributed by atoms with Crippen molar-refractivity contribution in [3.05, 3.63) is 65.2 Å². The van der Waals surface area contributed by atoms with E-state index in [2.05, 4.69) is 12.2 Å². The van der Waals surface area contributed by atoms with Crippen LogP contribution in [0.15, 0.2) is 48.5 Å². The molecule has 2 nitrogen and oxygen atoms in total. The van der Waals surface area contributed by atoms with Crippen LogP contribution >= 0.6 is 0 Å². The van der Waals surface area contributed by atoms with Gasteiger partial charge in [-0.2, -0.15) is 13.2 Å². The summed E-state index contributed by atoms with van der Waals surface area (Å²) >= 11 is 0. The molecule has 2 aromatic rings. The second-order valence-electron chi connectivity index (χ2n) is 6.30. The van der Waals surface area contributed by atoms with Crippen molar-refractivity contribution in [2.75, 3.05) is 7.11 Å². The molecular formula is C20H24F3NO. The number of hydrogen-bond acceptors (Lipinski definition) is 2. The van der Waals surface area contributed by atoms with Gasteiger partial charge >= 0.3 is 6.18 Å². The standard InChI is InChI=1S/C20H24F3NO/c1-14(24-15(2)17-7-5-9-19(13-17)25-3)10-11-16-6-4-8-18(12-16)20(21,22)23/h4-9,12-15,24H,10-11H2,1-3H3/t14-,15+/m1/s1. The topological polar surface area (TPSA) is 21.3 Å². The van der Waals surface area contributed by atoms with Crippen LogP contribution in [0.25, 0.3) is 0 Å². The summed E-state index contributed by atoms with van der Waals surface area (Å²) in [6.07, 6.45) is -2.93.